The van der Waals surface area contributed by atoms with Gasteiger partial charge in [0.25, 0.3) is 0 Å². The second-order valence-electron chi connectivity index (χ2n) is 4.24. The van der Waals surface area contributed by atoms with Crippen LogP contribution in [0.3, 0.4) is 0 Å². The van der Waals surface area contributed by atoms with E-state index in [0.717, 1.165) is 29.3 Å². The van der Waals surface area contributed by atoms with Gasteiger partial charge in [-0.3, -0.25) is 0 Å². The van der Waals surface area contributed by atoms with Crippen LogP contribution in [0.1, 0.15) is 5.56 Å². The maximum atomic E-state index is 5.73. The number of nitrogens with one attached hydrogen (secondary N) is 1. The summed E-state index contributed by atoms with van der Waals surface area (Å²) < 4.78 is 11.0. The van der Waals surface area contributed by atoms with Crippen molar-refractivity contribution in [3.8, 4) is 11.5 Å². The Morgan fingerprint density at radius 2 is 1.63 bits per heavy atom. The molecule has 0 aliphatic heterocycles. The first-order valence-electron chi connectivity index (χ1n) is 6.36. The summed E-state index contributed by atoms with van der Waals surface area (Å²) in [5, 5.41) is 3.30. The van der Waals surface area contributed by atoms with Crippen molar-refractivity contribution in [2.75, 3.05) is 25.6 Å². The smallest absolute Gasteiger partial charge is 0.141 e. The summed E-state index contributed by atoms with van der Waals surface area (Å²) in [4.78, 5) is 0. The van der Waals surface area contributed by atoms with Gasteiger partial charge < -0.3 is 14.8 Å². The average molecular weight is 257 g/mol. The third-order valence-electron chi connectivity index (χ3n) is 2.88. The fraction of sp³-hybridized carbons (Fsp3) is 0.250. The fourth-order valence-electron chi connectivity index (χ4n) is 1.86. The van der Waals surface area contributed by atoms with Gasteiger partial charge in [0, 0.05) is 6.54 Å². The summed E-state index contributed by atoms with van der Waals surface area (Å²) in [6.07, 6.45) is 0. The van der Waals surface area contributed by atoms with Crippen molar-refractivity contribution in [1.29, 1.82) is 0 Å². The standard InChI is InChI=1S/C16H19NO2/c1-13-7-3-5-9-15(13)19-12-11-17-14-8-4-6-10-16(14)18-2/h3-10,17H,11-12H2,1-2H3. The first-order valence-corrected chi connectivity index (χ1v) is 6.36. The number of rotatable bonds is 6. The Balaban J connectivity index is 1.83. The summed E-state index contributed by atoms with van der Waals surface area (Å²) in [6.45, 7) is 3.39. The van der Waals surface area contributed by atoms with Crippen LogP contribution in [0, 0.1) is 6.92 Å². The molecule has 0 aromatic heterocycles. The molecular weight excluding hydrogens is 238 g/mol. The second kappa shape index (κ2) is 6.69. The monoisotopic (exact) mass is 257 g/mol. The quantitative estimate of drug-likeness (QED) is 0.803. The molecule has 0 radical (unpaired) electrons. The second-order valence-corrected chi connectivity index (χ2v) is 4.24. The van der Waals surface area contributed by atoms with Crippen molar-refractivity contribution in [1.82, 2.24) is 0 Å². The summed E-state index contributed by atoms with van der Waals surface area (Å²) in [5.41, 5.74) is 2.14. The van der Waals surface area contributed by atoms with Crippen LogP contribution in [0.25, 0.3) is 0 Å². The van der Waals surface area contributed by atoms with Gasteiger partial charge in [-0.15, -0.1) is 0 Å². The number of para-hydroxylation sites is 3. The van der Waals surface area contributed by atoms with Crippen LogP contribution >= 0.6 is 0 Å². The highest BCUT2D eigenvalue weighted by Crippen LogP contribution is 2.22. The zero-order chi connectivity index (χ0) is 13.5. The highest BCUT2D eigenvalue weighted by molar-refractivity contribution is 5.56. The summed E-state index contributed by atoms with van der Waals surface area (Å²) in [5.74, 6) is 1.78. The molecule has 0 aliphatic carbocycles. The first-order chi connectivity index (χ1) is 9.31. The van der Waals surface area contributed by atoms with E-state index in [1.807, 2.05) is 55.5 Å². The minimum absolute atomic E-state index is 0.614. The van der Waals surface area contributed by atoms with E-state index in [1.54, 1.807) is 7.11 Å². The van der Waals surface area contributed by atoms with E-state index in [1.165, 1.54) is 0 Å². The Bertz CT molecular complexity index is 526. The molecule has 0 heterocycles. The topological polar surface area (TPSA) is 30.5 Å². The molecule has 3 heteroatoms. The van der Waals surface area contributed by atoms with Gasteiger partial charge in [-0.05, 0) is 30.7 Å². The van der Waals surface area contributed by atoms with Crippen LogP contribution in [0.5, 0.6) is 11.5 Å². The number of methoxy groups -OCH3 is 1. The van der Waals surface area contributed by atoms with Crippen molar-refractivity contribution in [3.63, 3.8) is 0 Å². The van der Waals surface area contributed by atoms with Crippen molar-refractivity contribution in [2.24, 2.45) is 0 Å². The van der Waals surface area contributed by atoms with Crippen LogP contribution in [-0.2, 0) is 0 Å². The van der Waals surface area contributed by atoms with Gasteiger partial charge in [-0.1, -0.05) is 30.3 Å². The molecule has 0 saturated heterocycles. The zero-order valence-electron chi connectivity index (χ0n) is 11.3. The van der Waals surface area contributed by atoms with Crippen molar-refractivity contribution in [2.45, 2.75) is 6.92 Å². The van der Waals surface area contributed by atoms with E-state index in [0.29, 0.717) is 6.61 Å². The van der Waals surface area contributed by atoms with Gasteiger partial charge in [0.15, 0.2) is 0 Å². The lowest BCUT2D eigenvalue weighted by molar-refractivity contribution is 0.330. The molecule has 19 heavy (non-hydrogen) atoms. The molecule has 0 aliphatic rings. The molecule has 100 valence electrons. The third-order valence-corrected chi connectivity index (χ3v) is 2.88. The van der Waals surface area contributed by atoms with Crippen LogP contribution < -0.4 is 14.8 Å². The maximum Gasteiger partial charge on any atom is 0.141 e. The van der Waals surface area contributed by atoms with Gasteiger partial charge in [0.1, 0.15) is 18.1 Å². The molecule has 0 amide bonds. The molecule has 1 N–H and O–H groups in total. The largest absolute Gasteiger partial charge is 0.495 e. The average Bonchev–Trinajstić information content (AvgIpc) is 2.45. The molecule has 0 fully saturated rings. The Hall–Kier alpha value is -2.16. The maximum absolute atomic E-state index is 5.73. The predicted octanol–water partition coefficient (Wildman–Crippen LogP) is 3.49. The number of benzene rings is 2. The Labute approximate surface area is 114 Å². The van der Waals surface area contributed by atoms with Crippen LogP contribution in [0.15, 0.2) is 48.5 Å². The Kier molecular flexibility index (Phi) is 4.67. The van der Waals surface area contributed by atoms with Crippen LogP contribution in [0.4, 0.5) is 5.69 Å². The molecule has 2 rings (SSSR count). The van der Waals surface area contributed by atoms with Crippen LogP contribution in [0.2, 0.25) is 0 Å². The van der Waals surface area contributed by atoms with E-state index in [4.69, 9.17) is 9.47 Å². The van der Waals surface area contributed by atoms with Crippen LogP contribution in [-0.4, -0.2) is 20.3 Å². The lowest BCUT2D eigenvalue weighted by Crippen LogP contribution is -2.12. The molecule has 2 aromatic carbocycles. The SMILES string of the molecule is COc1ccccc1NCCOc1ccccc1C. The van der Waals surface area contributed by atoms with E-state index in [9.17, 15) is 0 Å². The van der Waals surface area contributed by atoms with Crippen molar-refractivity contribution >= 4 is 5.69 Å². The molecule has 0 saturated carbocycles. The van der Waals surface area contributed by atoms with Gasteiger partial charge in [0.2, 0.25) is 0 Å². The van der Waals surface area contributed by atoms with Crippen molar-refractivity contribution in [3.05, 3.63) is 54.1 Å². The van der Waals surface area contributed by atoms with Gasteiger partial charge in [-0.25, -0.2) is 0 Å². The fourth-order valence-corrected chi connectivity index (χ4v) is 1.86. The number of ether oxygens (including phenoxy) is 2. The zero-order valence-corrected chi connectivity index (χ0v) is 11.3. The first kappa shape index (κ1) is 13.3. The normalized spacial score (nSPS) is 10.0. The summed E-state index contributed by atoms with van der Waals surface area (Å²) in [7, 11) is 1.67. The lowest BCUT2D eigenvalue weighted by atomic mass is 10.2. The minimum Gasteiger partial charge on any atom is -0.495 e. The molecule has 0 spiro atoms. The number of aryl methyl sites for hydroxylation is 1. The van der Waals surface area contributed by atoms with Gasteiger partial charge in [-0.2, -0.15) is 0 Å². The lowest BCUT2D eigenvalue weighted by Gasteiger charge is -2.12. The molecule has 0 atom stereocenters. The predicted molar refractivity (Wildman–Crippen MR) is 78.2 cm³/mol. The van der Waals surface area contributed by atoms with Gasteiger partial charge in [0.05, 0.1) is 12.8 Å². The van der Waals surface area contributed by atoms with E-state index in [2.05, 4.69) is 5.32 Å². The minimum atomic E-state index is 0.614. The Morgan fingerprint density at radius 3 is 2.37 bits per heavy atom. The highest BCUT2D eigenvalue weighted by Gasteiger charge is 2.01. The van der Waals surface area contributed by atoms with E-state index >= 15 is 0 Å². The highest BCUT2D eigenvalue weighted by atomic mass is 16.5. The van der Waals surface area contributed by atoms with E-state index in [-0.39, 0.29) is 0 Å². The summed E-state index contributed by atoms with van der Waals surface area (Å²) >= 11 is 0. The molecule has 3 nitrogen and oxygen atoms in total. The number of anilines is 1. The molecule has 2 aromatic rings. The number of hydrogen-bond acceptors (Lipinski definition) is 3. The number of hydrogen-bond donors (Lipinski definition) is 1. The molecule has 0 bridgehead atoms. The van der Waals surface area contributed by atoms with E-state index < -0.39 is 0 Å². The third kappa shape index (κ3) is 3.65. The molecule has 0 unspecified atom stereocenters. The molecular formula is C16H19NO2. The Morgan fingerprint density at radius 1 is 0.947 bits per heavy atom. The van der Waals surface area contributed by atoms with Gasteiger partial charge >= 0.3 is 0 Å². The van der Waals surface area contributed by atoms with Crippen molar-refractivity contribution < 1.29 is 9.47 Å². The summed E-state index contributed by atoms with van der Waals surface area (Å²) in [6, 6.07) is 15.9.